The van der Waals surface area contributed by atoms with E-state index in [4.69, 9.17) is 19.2 Å². The number of pyridine rings is 1. The molecule has 3 heterocycles. The number of ether oxygens (including phenoxy) is 3. The van der Waals surface area contributed by atoms with Crippen LogP contribution < -0.4 is 19.1 Å². The summed E-state index contributed by atoms with van der Waals surface area (Å²) < 4.78 is 17.8. The number of methoxy groups -OCH3 is 3. The van der Waals surface area contributed by atoms with Crippen molar-refractivity contribution in [2.45, 2.75) is 61.4 Å². The van der Waals surface area contributed by atoms with Gasteiger partial charge in [0, 0.05) is 60.1 Å². The Balaban J connectivity index is 0.000000438. The van der Waals surface area contributed by atoms with E-state index in [9.17, 15) is 0 Å². The van der Waals surface area contributed by atoms with Gasteiger partial charge in [0.2, 0.25) is 0 Å². The first-order chi connectivity index (χ1) is 21.4. The molecular formula is C35H48N6O3. The second-order valence-electron chi connectivity index (χ2n) is 9.34. The van der Waals surface area contributed by atoms with Gasteiger partial charge in [-0.05, 0) is 58.0 Å². The summed E-state index contributed by atoms with van der Waals surface area (Å²) >= 11 is 0. The molecule has 5 rings (SSSR count). The smallest absolute Gasteiger partial charge is 0.140 e. The fourth-order valence-corrected chi connectivity index (χ4v) is 4.21. The fourth-order valence-electron chi connectivity index (χ4n) is 4.21. The van der Waals surface area contributed by atoms with Crippen molar-refractivity contribution in [3.05, 3.63) is 79.0 Å². The third-order valence-electron chi connectivity index (χ3n) is 6.41. The van der Waals surface area contributed by atoms with Crippen molar-refractivity contribution in [3.8, 4) is 28.5 Å². The molecule has 0 spiro atoms. The lowest BCUT2D eigenvalue weighted by Gasteiger charge is -2.24. The maximum Gasteiger partial charge on any atom is 0.140 e. The van der Waals surface area contributed by atoms with E-state index in [2.05, 4.69) is 52.9 Å². The number of fused-ring (bicyclic) bond motifs is 1. The summed E-state index contributed by atoms with van der Waals surface area (Å²) in [6.45, 7) is 17.0. The Labute approximate surface area is 262 Å². The van der Waals surface area contributed by atoms with Crippen molar-refractivity contribution in [3.63, 3.8) is 0 Å². The number of benzene rings is 2. The highest BCUT2D eigenvalue weighted by atomic mass is 16.5. The topological polar surface area (TPSA) is 87.4 Å². The van der Waals surface area contributed by atoms with Gasteiger partial charge < -0.3 is 19.1 Å². The molecule has 0 saturated heterocycles. The maximum atomic E-state index is 5.44. The van der Waals surface area contributed by atoms with E-state index < -0.39 is 0 Å². The highest BCUT2D eigenvalue weighted by Crippen LogP contribution is 2.34. The first kappa shape index (κ1) is 35.5. The van der Waals surface area contributed by atoms with Gasteiger partial charge in [-0.3, -0.25) is 14.6 Å². The number of aromatic nitrogens is 5. The van der Waals surface area contributed by atoms with Gasteiger partial charge in [0.05, 0.1) is 56.1 Å². The lowest BCUT2D eigenvalue weighted by Crippen LogP contribution is -2.16. The minimum atomic E-state index is 0.298. The molecule has 0 bridgehead atoms. The highest BCUT2D eigenvalue weighted by Gasteiger charge is 2.13. The van der Waals surface area contributed by atoms with Crippen LogP contribution in [-0.4, -0.2) is 52.6 Å². The first-order valence-corrected chi connectivity index (χ1v) is 15.1. The molecule has 44 heavy (non-hydrogen) atoms. The minimum absolute atomic E-state index is 0.298. The molecule has 0 amide bonds. The van der Waals surface area contributed by atoms with Crippen LogP contribution in [0.1, 0.15) is 60.2 Å². The molecule has 0 atom stereocenters. The van der Waals surface area contributed by atoms with Crippen LogP contribution in [0.15, 0.2) is 73.3 Å². The van der Waals surface area contributed by atoms with Gasteiger partial charge in [-0.1, -0.05) is 27.7 Å². The van der Waals surface area contributed by atoms with Crippen molar-refractivity contribution in [2.75, 3.05) is 32.8 Å². The molecule has 0 aliphatic carbocycles. The van der Waals surface area contributed by atoms with Crippen LogP contribution in [0.25, 0.3) is 22.3 Å². The van der Waals surface area contributed by atoms with Crippen LogP contribution in [0.3, 0.4) is 0 Å². The Morgan fingerprint density at radius 2 is 1.48 bits per heavy atom. The third-order valence-corrected chi connectivity index (χ3v) is 6.41. The van der Waals surface area contributed by atoms with Crippen molar-refractivity contribution in [2.24, 2.45) is 0 Å². The molecule has 5 aromatic rings. The number of hydrogen-bond acceptors (Lipinski definition) is 8. The molecule has 0 fully saturated rings. The van der Waals surface area contributed by atoms with Crippen LogP contribution in [0, 0.1) is 6.92 Å². The zero-order chi connectivity index (χ0) is 32.6. The summed E-state index contributed by atoms with van der Waals surface area (Å²) in [6.07, 6.45) is 7.39. The molecule has 2 aromatic carbocycles. The SMILES string of the molecule is CC.CC.CCN(c1cc(OC)cc(OC)c1)c1ccc2ncc(-c3cnn(C(C)C)c3)nc2c1.COc1cccnc1C. The lowest BCUT2D eigenvalue weighted by atomic mass is 10.2. The van der Waals surface area contributed by atoms with Gasteiger partial charge >= 0.3 is 0 Å². The van der Waals surface area contributed by atoms with E-state index in [1.54, 1.807) is 33.7 Å². The average Bonchev–Trinajstić information content (AvgIpc) is 3.58. The molecule has 0 radical (unpaired) electrons. The number of anilines is 2. The van der Waals surface area contributed by atoms with E-state index in [-0.39, 0.29) is 0 Å². The van der Waals surface area contributed by atoms with E-state index in [0.29, 0.717) is 6.04 Å². The standard InChI is InChI=1S/C24H27N5O2.C7H9NO.2C2H6/c1-6-28(19-9-20(30-4)12-21(10-19)31-5)18-7-8-22-23(11-18)27-24(14-25-22)17-13-26-29(15-17)16(2)3;1-6-7(9-2)4-3-5-8-6;2*1-2/h7-16H,6H2,1-5H3;3-5H,1-2H3;2*1-2H3. The summed E-state index contributed by atoms with van der Waals surface area (Å²) in [5, 5.41) is 4.42. The summed E-state index contributed by atoms with van der Waals surface area (Å²) in [5.74, 6) is 2.34. The zero-order valence-corrected chi connectivity index (χ0v) is 28.1. The van der Waals surface area contributed by atoms with Crippen LogP contribution in [0.2, 0.25) is 0 Å². The Kier molecular flexibility index (Phi) is 14.6. The molecule has 0 aliphatic rings. The summed E-state index contributed by atoms with van der Waals surface area (Å²) in [7, 11) is 4.96. The molecule has 3 aromatic heterocycles. The number of nitrogens with zero attached hydrogens (tertiary/aromatic N) is 6. The van der Waals surface area contributed by atoms with Crippen LogP contribution in [0.5, 0.6) is 17.2 Å². The van der Waals surface area contributed by atoms with E-state index in [1.807, 2.05) is 88.1 Å². The van der Waals surface area contributed by atoms with Crippen molar-refractivity contribution in [1.82, 2.24) is 24.7 Å². The van der Waals surface area contributed by atoms with E-state index in [0.717, 1.165) is 63.2 Å². The second-order valence-corrected chi connectivity index (χ2v) is 9.34. The summed E-state index contributed by atoms with van der Waals surface area (Å²) in [5.41, 5.74) is 6.39. The summed E-state index contributed by atoms with van der Waals surface area (Å²) in [6, 6.07) is 16.0. The molecule has 0 N–H and O–H groups in total. The Hall–Kier alpha value is -4.66. The van der Waals surface area contributed by atoms with Crippen molar-refractivity contribution >= 4 is 22.4 Å². The first-order valence-electron chi connectivity index (χ1n) is 15.1. The van der Waals surface area contributed by atoms with E-state index in [1.165, 1.54) is 0 Å². The molecule has 0 unspecified atom stereocenters. The van der Waals surface area contributed by atoms with Crippen molar-refractivity contribution < 1.29 is 14.2 Å². The lowest BCUT2D eigenvalue weighted by molar-refractivity contribution is 0.394. The number of rotatable bonds is 8. The fraction of sp³-hybridized carbons (Fsp3) is 0.371. The minimum Gasteiger partial charge on any atom is -0.497 e. The molecule has 0 aliphatic heterocycles. The predicted octanol–water partition coefficient (Wildman–Crippen LogP) is 8.70. The Bertz CT molecular complexity index is 1550. The predicted molar refractivity (Wildman–Crippen MR) is 182 cm³/mol. The number of hydrogen-bond donors (Lipinski definition) is 0. The normalized spacial score (nSPS) is 10.0. The van der Waals surface area contributed by atoms with Gasteiger partial charge in [0.25, 0.3) is 0 Å². The maximum absolute atomic E-state index is 5.44. The zero-order valence-electron chi connectivity index (χ0n) is 28.1. The second kappa shape index (κ2) is 18.1. The average molecular weight is 601 g/mol. The Morgan fingerprint density at radius 3 is 2.00 bits per heavy atom. The third kappa shape index (κ3) is 9.17. The van der Waals surface area contributed by atoms with Gasteiger partial charge in [-0.25, -0.2) is 4.98 Å². The van der Waals surface area contributed by atoms with Crippen LogP contribution in [0.4, 0.5) is 11.4 Å². The van der Waals surface area contributed by atoms with Crippen LogP contribution >= 0.6 is 0 Å². The molecule has 236 valence electrons. The van der Waals surface area contributed by atoms with Gasteiger partial charge in [-0.15, -0.1) is 0 Å². The van der Waals surface area contributed by atoms with Gasteiger partial charge in [-0.2, -0.15) is 5.10 Å². The Morgan fingerprint density at radius 1 is 0.795 bits per heavy atom. The molecule has 9 nitrogen and oxygen atoms in total. The van der Waals surface area contributed by atoms with E-state index >= 15 is 0 Å². The largest absolute Gasteiger partial charge is 0.497 e. The number of aryl methyl sites for hydroxylation is 1. The molecular weight excluding hydrogens is 552 g/mol. The van der Waals surface area contributed by atoms with Gasteiger partial charge in [0.15, 0.2) is 0 Å². The van der Waals surface area contributed by atoms with Crippen molar-refractivity contribution in [1.29, 1.82) is 0 Å². The quantitative estimate of drug-likeness (QED) is 0.175. The van der Waals surface area contributed by atoms with Crippen LogP contribution in [-0.2, 0) is 0 Å². The molecule has 0 saturated carbocycles. The monoisotopic (exact) mass is 600 g/mol. The summed E-state index contributed by atoms with van der Waals surface area (Å²) in [4.78, 5) is 15.7. The van der Waals surface area contributed by atoms with Gasteiger partial charge in [0.1, 0.15) is 17.2 Å². The molecule has 9 heteroatoms. The highest BCUT2D eigenvalue weighted by molar-refractivity contribution is 5.82.